The number of carbonyl (C=O) groups excluding carboxylic acids is 1. The van der Waals surface area contributed by atoms with Crippen LogP contribution in [0.5, 0.6) is 0 Å². The van der Waals surface area contributed by atoms with E-state index in [0.29, 0.717) is 10.7 Å². The van der Waals surface area contributed by atoms with E-state index < -0.39 is 0 Å². The van der Waals surface area contributed by atoms with Gasteiger partial charge < -0.3 is 10.6 Å². The molecular formula is C21H21ClN2O. The molecule has 0 heterocycles. The van der Waals surface area contributed by atoms with Gasteiger partial charge in [0.1, 0.15) is 0 Å². The molecule has 0 spiro atoms. The number of hydrogen-bond acceptors (Lipinski definition) is 2. The zero-order valence-corrected chi connectivity index (χ0v) is 15.1. The second kappa shape index (κ2) is 7.68. The molecule has 0 radical (unpaired) electrons. The van der Waals surface area contributed by atoms with Gasteiger partial charge >= 0.3 is 0 Å². The van der Waals surface area contributed by atoms with Gasteiger partial charge in [0.2, 0.25) is 5.91 Å². The Labute approximate surface area is 153 Å². The maximum Gasteiger partial charge on any atom is 0.238 e. The second-order valence-electron chi connectivity index (χ2n) is 6.20. The summed E-state index contributed by atoms with van der Waals surface area (Å²) in [5.74, 6) is -0.113. The van der Waals surface area contributed by atoms with Gasteiger partial charge in [0, 0.05) is 6.04 Å². The zero-order valence-electron chi connectivity index (χ0n) is 14.3. The van der Waals surface area contributed by atoms with Crippen LogP contribution in [0.15, 0.2) is 60.7 Å². The molecule has 25 heavy (non-hydrogen) atoms. The number of anilines is 1. The quantitative estimate of drug-likeness (QED) is 0.671. The number of rotatable bonds is 5. The summed E-state index contributed by atoms with van der Waals surface area (Å²) in [6.07, 6.45) is 0. The number of aryl methyl sites for hydroxylation is 1. The number of amides is 1. The molecule has 0 saturated carbocycles. The fraction of sp³-hybridized carbons (Fsp3) is 0.190. The summed E-state index contributed by atoms with van der Waals surface area (Å²) in [6.45, 7) is 4.24. The monoisotopic (exact) mass is 352 g/mol. The van der Waals surface area contributed by atoms with Gasteiger partial charge in [-0.05, 0) is 47.9 Å². The molecule has 1 amide bonds. The van der Waals surface area contributed by atoms with Crippen molar-refractivity contribution in [2.75, 3.05) is 11.9 Å². The Hall–Kier alpha value is -2.36. The van der Waals surface area contributed by atoms with E-state index >= 15 is 0 Å². The Morgan fingerprint density at radius 1 is 1.08 bits per heavy atom. The molecular weight excluding hydrogens is 332 g/mol. The molecule has 4 heteroatoms. The summed E-state index contributed by atoms with van der Waals surface area (Å²) in [4.78, 5) is 12.2. The third-order valence-electron chi connectivity index (χ3n) is 4.26. The van der Waals surface area contributed by atoms with E-state index in [0.717, 1.165) is 5.56 Å². The lowest BCUT2D eigenvalue weighted by molar-refractivity contribution is -0.115. The van der Waals surface area contributed by atoms with Gasteiger partial charge in [0.25, 0.3) is 0 Å². The Morgan fingerprint density at radius 2 is 1.84 bits per heavy atom. The number of halogens is 1. The van der Waals surface area contributed by atoms with Gasteiger partial charge in [-0.2, -0.15) is 0 Å². The van der Waals surface area contributed by atoms with Gasteiger partial charge in [0.05, 0.1) is 17.3 Å². The summed E-state index contributed by atoms with van der Waals surface area (Å²) >= 11 is 6.16. The molecule has 0 aliphatic carbocycles. The molecule has 0 bridgehead atoms. The van der Waals surface area contributed by atoms with Crippen molar-refractivity contribution in [3.8, 4) is 0 Å². The molecule has 3 nitrogen and oxygen atoms in total. The molecule has 1 atom stereocenters. The first kappa shape index (κ1) is 17.5. The van der Waals surface area contributed by atoms with Crippen LogP contribution < -0.4 is 10.6 Å². The van der Waals surface area contributed by atoms with Gasteiger partial charge in [-0.1, -0.05) is 60.1 Å². The van der Waals surface area contributed by atoms with Crippen LogP contribution in [-0.4, -0.2) is 12.5 Å². The number of fused-ring (bicyclic) bond motifs is 1. The van der Waals surface area contributed by atoms with Crippen LogP contribution in [0, 0.1) is 6.92 Å². The van der Waals surface area contributed by atoms with E-state index in [1.807, 2.05) is 43.3 Å². The smallest absolute Gasteiger partial charge is 0.238 e. The molecule has 0 saturated heterocycles. The molecule has 0 aliphatic heterocycles. The van der Waals surface area contributed by atoms with E-state index in [2.05, 4.69) is 41.8 Å². The highest BCUT2D eigenvalue weighted by Crippen LogP contribution is 2.24. The summed E-state index contributed by atoms with van der Waals surface area (Å²) in [6, 6.07) is 20.1. The van der Waals surface area contributed by atoms with E-state index in [4.69, 9.17) is 11.6 Å². The Balaban J connectivity index is 1.65. The molecule has 3 rings (SSSR count). The largest absolute Gasteiger partial charge is 0.324 e. The van der Waals surface area contributed by atoms with Gasteiger partial charge in [-0.25, -0.2) is 0 Å². The zero-order chi connectivity index (χ0) is 17.8. The van der Waals surface area contributed by atoms with Crippen LogP contribution in [0.4, 0.5) is 5.69 Å². The summed E-state index contributed by atoms with van der Waals surface area (Å²) in [5, 5.41) is 9.09. The minimum absolute atomic E-state index is 0.0605. The topological polar surface area (TPSA) is 41.1 Å². The van der Waals surface area contributed by atoms with Crippen molar-refractivity contribution in [3.63, 3.8) is 0 Å². The summed E-state index contributed by atoms with van der Waals surface area (Å²) < 4.78 is 0. The second-order valence-corrected chi connectivity index (χ2v) is 6.61. The molecule has 0 aliphatic rings. The predicted molar refractivity (Wildman–Crippen MR) is 105 cm³/mol. The molecule has 3 aromatic rings. The fourth-order valence-electron chi connectivity index (χ4n) is 2.90. The van der Waals surface area contributed by atoms with Crippen molar-refractivity contribution in [2.45, 2.75) is 19.9 Å². The number of benzene rings is 3. The number of nitrogens with one attached hydrogen (secondary N) is 2. The van der Waals surface area contributed by atoms with Crippen LogP contribution in [0.3, 0.4) is 0 Å². The molecule has 0 aromatic heterocycles. The lowest BCUT2D eigenvalue weighted by Crippen LogP contribution is -2.30. The first-order valence-electron chi connectivity index (χ1n) is 8.31. The van der Waals surface area contributed by atoms with E-state index in [1.54, 1.807) is 0 Å². The Morgan fingerprint density at radius 3 is 2.64 bits per heavy atom. The Kier molecular flexibility index (Phi) is 5.37. The van der Waals surface area contributed by atoms with Gasteiger partial charge in [-0.15, -0.1) is 0 Å². The third kappa shape index (κ3) is 4.19. The van der Waals surface area contributed by atoms with Crippen LogP contribution >= 0.6 is 11.6 Å². The first-order valence-corrected chi connectivity index (χ1v) is 8.69. The fourth-order valence-corrected chi connectivity index (χ4v) is 3.18. The summed E-state index contributed by atoms with van der Waals surface area (Å²) in [5.41, 5.74) is 2.88. The summed E-state index contributed by atoms with van der Waals surface area (Å²) in [7, 11) is 0. The highest BCUT2D eigenvalue weighted by Gasteiger charge is 2.11. The van der Waals surface area contributed by atoms with Crippen molar-refractivity contribution >= 4 is 34.0 Å². The van der Waals surface area contributed by atoms with Crippen molar-refractivity contribution in [1.29, 1.82) is 0 Å². The van der Waals surface area contributed by atoms with Crippen molar-refractivity contribution in [1.82, 2.24) is 5.32 Å². The molecule has 0 fully saturated rings. The maximum absolute atomic E-state index is 12.2. The maximum atomic E-state index is 12.2. The standard InChI is InChI=1S/C21H21ClN2O/c1-14-10-11-20(19(22)12-14)24-21(25)13-23-15(2)17-9-5-7-16-6-3-4-8-18(16)17/h3-12,15,23H,13H2,1-2H3,(H,24,25)/t15-/m0/s1. The Bertz CT molecular complexity index is 902. The minimum atomic E-state index is -0.113. The number of carbonyl (C=O) groups is 1. The van der Waals surface area contributed by atoms with E-state index in [9.17, 15) is 4.79 Å². The van der Waals surface area contributed by atoms with Crippen molar-refractivity contribution < 1.29 is 4.79 Å². The average molecular weight is 353 g/mol. The molecule has 2 N–H and O–H groups in total. The van der Waals surface area contributed by atoms with Crippen molar-refractivity contribution in [2.24, 2.45) is 0 Å². The van der Waals surface area contributed by atoms with Crippen LogP contribution in [0.25, 0.3) is 10.8 Å². The molecule has 3 aromatic carbocycles. The number of hydrogen-bond donors (Lipinski definition) is 2. The minimum Gasteiger partial charge on any atom is -0.324 e. The molecule has 128 valence electrons. The van der Waals surface area contributed by atoms with E-state index in [1.165, 1.54) is 16.3 Å². The highest BCUT2D eigenvalue weighted by atomic mass is 35.5. The predicted octanol–water partition coefficient (Wildman–Crippen LogP) is 5.09. The normalized spacial score (nSPS) is 12.1. The van der Waals surface area contributed by atoms with Crippen LogP contribution in [0.1, 0.15) is 24.1 Å². The van der Waals surface area contributed by atoms with Gasteiger partial charge in [0.15, 0.2) is 0 Å². The SMILES string of the molecule is Cc1ccc(NC(=O)CN[C@@H](C)c2cccc3ccccc23)c(Cl)c1. The lowest BCUT2D eigenvalue weighted by Gasteiger charge is -2.17. The average Bonchev–Trinajstić information content (AvgIpc) is 2.61. The third-order valence-corrected chi connectivity index (χ3v) is 4.57. The van der Waals surface area contributed by atoms with Gasteiger partial charge in [-0.3, -0.25) is 4.79 Å². The molecule has 0 unspecified atom stereocenters. The van der Waals surface area contributed by atoms with Crippen LogP contribution in [-0.2, 0) is 4.79 Å². The van der Waals surface area contributed by atoms with Crippen LogP contribution in [0.2, 0.25) is 5.02 Å². The first-order chi connectivity index (χ1) is 12.0. The van der Waals surface area contributed by atoms with Crippen molar-refractivity contribution in [3.05, 3.63) is 76.8 Å². The highest BCUT2D eigenvalue weighted by molar-refractivity contribution is 6.33. The lowest BCUT2D eigenvalue weighted by atomic mass is 10.00. The van der Waals surface area contributed by atoms with E-state index in [-0.39, 0.29) is 18.5 Å².